The SMILES string of the molecule is O=[P+](OCCI)OCCI. The van der Waals surface area contributed by atoms with Crippen molar-refractivity contribution in [3.8, 4) is 0 Å². The maximum atomic E-state index is 10.7. The molecule has 0 aromatic carbocycles. The zero-order chi connectivity index (χ0) is 7.82. The van der Waals surface area contributed by atoms with Crippen LogP contribution in [-0.4, -0.2) is 22.1 Å². The van der Waals surface area contributed by atoms with E-state index in [1.807, 2.05) is 0 Å². The first-order valence-electron chi connectivity index (χ1n) is 2.66. The largest absolute Gasteiger partial charge is 0.697 e. The van der Waals surface area contributed by atoms with Crippen molar-refractivity contribution < 1.29 is 13.6 Å². The Bertz CT molecular complexity index is 90.5. The van der Waals surface area contributed by atoms with E-state index >= 15 is 0 Å². The smallest absolute Gasteiger partial charge is 0.118 e. The lowest BCUT2D eigenvalue weighted by molar-refractivity contribution is 0.248. The molecule has 0 aliphatic carbocycles. The summed E-state index contributed by atoms with van der Waals surface area (Å²) in [7, 11) is -1.85. The van der Waals surface area contributed by atoms with Gasteiger partial charge in [0, 0.05) is 13.4 Å². The zero-order valence-corrected chi connectivity index (χ0v) is 10.5. The monoisotopic (exact) mass is 389 g/mol. The first kappa shape index (κ1) is 11.5. The Hall–Kier alpha value is 1.48. The number of hydrogen-bond donors (Lipinski definition) is 0. The highest BCUT2D eigenvalue weighted by Gasteiger charge is 2.18. The maximum absolute atomic E-state index is 10.7. The first-order chi connectivity index (χ1) is 4.81. The van der Waals surface area contributed by atoms with Gasteiger partial charge in [-0.15, -0.1) is 9.05 Å². The summed E-state index contributed by atoms with van der Waals surface area (Å²) in [6, 6.07) is 0. The van der Waals surface area contributed by atoms with Gasteiger partial charge in [0.25, 0.3) is 0 Å². The van der Waals surface area contributed by atoms with Crippen LogP contribution in [0.4, 0.5) is 0 Å². The van der Waals surface area contributed by atoms with Gasteiger partial charge < -0.3 is 0 Å². The van der Waals surface area contributed by atoms with Crippen LogP contribution in [0.5, 0.6) is 0 Å². The lowest BCUT2D eigenvalue weighted by atomic mass is 10.9. The van der Waals surface area contributed by atoms with Crippen LogP contribution in [-0.2, 0) is 13.6 Å². The van der Waals surface area contributed by atoms with Crippen molar-refractivity contribution in [3.05, 3.63) is 0 Å². The number of alkyl halides is 2. The molecule has 0 rings (SSSR count). The lowest BCUT2D eigenvalue weighted by Gasteiger charge is -1.84. The minimum atomic E-state index is -1.85. The van der Waals surface area contributed by atoms with Crippen LogP contribution in [0, 0.1) is 0 Å². The zero-order valence-electron chi connectivity index (χ0n) is 5.26. The summed E-state index contributed by atoms with van der Waals surface area (Å²) >= 11 is 4.30. The van der Waals surface area contributed by atoms with Crippen LogP contribution in [0.2, 0.25) is 0 Å². The molecule has 0 spiro atoms. The summed E-state index contributed by atoms with van der Waals surface area (Å²) in [6.07, 6.45) is 0. The van der Waals surface area contributed by atoms with E-state index < -0.39 is 8.25 Å². The van der Waals surface area contributed by atoms with E-state index in [0.717, 1.165) is 8.86 Å². The van der Waals surface area contributed by atoms with Crippen LogP contribution in [0.3, 0.4) is 0 Å². The van der Waals surface area contributed by atoms with E-state index in [1.54, 1.807) is 0 Å². The molecule has 10 heavy (non-hydrogen) atoms. The molecule has 3 nitrogen and oxygen atoms in total. The van der Waals surface area contributed by atoms with Crippen LogP contribution in [0.15, 0.2) is 0 Å². The highest BCUT2D eigenvalue weighted by molar-refractivity contribution is 14.1. The van der Waals surface area contributed by atoms with E-state index in [2.05, 4.69) is 45.2 Å². The van der Waals surface area contributed by atoms with Gasteiger partial charge in [-0.3, -0.25) is 0 Å². The molecular formula is C4H8I2O3P+. The quantitative estimate of drug-likeness (QED) is 0.398. The second-order valence-electron chi connectivity index (χ2n) is 1.27. The Morgan fingerprint density at radius 2 is 1.50 bits per heavy atom. The number of halogens is 2. The Morgan fingerprint density at radius 1 is 1.10 bits per heavy atom. The minimum absolute atomic E-state index is 0.497. The predicted molar refractivity (Wildman–Crippen MR) is 57.3 cm³/mol. The minimum Gasteiger partial charge on any atom is -0.118 e. The van der Waals surface area contributed by atoms with Crippen LogP contribution >= 0.6 is 53.4 Å². The fourth-order valence-electron chi connectivity index (χ4n) is 0.255. The Morgan fingerprint density at radius 3 is 1.80 bits per heavy atom. The van der Waals surface area contributed by atoms with Gasteiger partial charge in [-0.1, -0.05) is 45.2 Å². The van der Waals surface area contributed by atoms with Gasteiger partial charge in [0.1, 0.15) is 13.2 Å². The van der Waals surface area contributed by atoms with E-state index in [4.69, 9.17) is 9.05 Å². The Kier molecular flexibility index (Phi) is 9.84. The molecule has 0 saturated heterocycles. The topological polar surface area (TPSA) is 35.5 Å². The maximum Gasteiger partial charge on any atom is 0.697 e. The van der Waals surface area contributed by atoms with Gasteiger partial charge in [-0.2, -0.15) is 0 Å². The molecule has 0 heterocycles. The van der Waals surface area contributed by atoms with E-state index in [9.17, 15) is 4.57 Å². The normalized spacial score (nSPS) is 9.80. The fourth-order valence-corrected chi connectivity index (χ4v) is 1.95. The summed E-state index contributed by atoms with van der Waals surface area (Å²) < 4.78 is 21.9. The first-order valence-corrected chi connectivity index (χ1v) is 6.81. The molecule has 0 amide bonds. The molecule has 0 radical (unpaired) electrons. The van der Waals surface area contributed by atoms with Crippen molar-refractivity contribution in [2.24, 2.45) is 0 Å². The highest BCUT2D eigenvalue weighted by Crippen LogP contribution is 2.23. The summed E-state index contributed by atoms with van der Waals surface area (Å²) in [5.74, 6) is 0. The average molecular weight is 389 g/mol. The summed E-state index contributed by atoms with van der Waals surface area (Å²) in [4.78, 5) is 0. The van der Waals surface area contributed by atoms with Gasteiger partial charge in [-0.05, 0) is 0 Å². The third-order valence-corrected chi connectivity index (χ3v) is 2.22. The standard InChI is InChI=1S/C4H8I2O3P/c5-1-3-8-10(7)9-4-2-6/h1-4H2/q+1. The summed E-state index contributed by atoms with van der Waals surface area (Å²) in [5.41, 5.74) is 0. The summed E-state index contributed by atoms with van der Waals surface area (Å²) in [6.45, 7) is 0.994. The van der Waals surface area contributed by atoms with E-state index in [-0.39, 0.29) is 0 Å². The third kappa shape index (κ3) is 7.59. The molecule has 0 aromatic rings. The van der Waals surface area contributed by atoms with Crippen molar-refractivity contribution in [2.45, 2.75) is 0 Å². The van der Waals surface area contributed by atoms with Gasteiger partial charge >= 0.3 is 8.25 Å². The van der Waals surface area contributed by atoms with Crippen molar-refractivity contribution in [1.82, 2.24) is 0 Å². The Balaban J connectivity index is 3.09. The number of rotatable bonds is 6. The molecule has 0 fully saturated rings. The molecule has 0 aliphatic heterocycles. The van der Waals surface area contributed by atoms with Crippen LogP contribution < -0.4 is 0 Å². The van der Waals surface area contributed by atoms with Gasteiger partial charge in [0.15, 0.2) is 0 Å². The van der Waals surface area contributed by atoms with Crippen molar-refractivity contribution in [2.75, 3.05) is 22.1 Å². The van der Waals surface area contributed by atoms with Crippen molar-refractivity contribution in [3.63, 3.8) is 0 Å². The Labute approximate surface area is 88.5 Å². The third-order valence-electron chi connectivity index (χ3n) is 0.548. The fraction of sp³-hybridized carbons (Fsp3) is 1.00. The molecule has 0 aliphatic rings. The molecule has 0 bridgehead atoms. The van der Waals surface area contributed by atoms with Crippen LogP contribution in [0.25, 0.3) is 0 Å². The van der Waals surface area contributed by atoms with Gasteiger partial charge in [-0.25, -0.2) is 0 Å². The lowest BCUT2D eigenvalue weighted by Crippen LogP contribution is -1.91. The average Bonchev–Trinajstić information content (AvgIpc) is 1.97. The van der Waals surface area contributed by atoms with Gasteiger partial charge in [0.05, 0.1) is 0 Å². The second-order valence-corrected chi connectivity index (χ2v) is 4.39. The second kappa shape index (κ2) is 8.58. The van der Waals surface area contributed by atoms with Crippen molar-refractivity contribution >= 4 is 53.4 Å². The molecule has 60 valence electrons. The molecular weight excluding hydrogens is 381 g/mol. The highest BCUT2D eigenvalue weighted by atomic mass is 127. The number of hydrogen-bond acceptors (Lipinski definition) is 3. The van der Waals surface area contributed by atoms with E-state index in [0.29, 0.717) is 13.2 Å². The molecule has 0 N–H and O–H groups in total. The predicted octanol–water partition coefficient (Wildman–Crippen LogP) is 2.55. The van der Waals surface area contributed by atoms with Gasteiger partial charge in [0.2, 0.25) is 0 Å². The molecule has 0 atom stereocenters. The van der Waals surface area contributed by atoms with Crippen molar-refractivity contribution in [1.29, 1.82) is 0 Å². The van der Waals surface area contributed by atoms with Crippen LogP contribution in [0.1, 0.15) is 0 Å². The summed E-state index contributed by atoms with van der Waals surface area (Å²) in [5, 5.41) is 0. The molecule has 0 aromatic heterocycles. The molecule has 0 saturated carbocycles. The van der Waals surface area contributed by atoms with E-state index in [1.165, 1.54) is 0 Å². The molecule has 6 heteroatoms. The molecule has 0 unspecified atom stereocenters.